The van der Waals surface area contributed by atoms with E-state index in [9.17, 15) is 13.2 Å². The number of nitrogens with one attached hydrogen (secondary N) is 1. The first kappa shape index (κ1) is 14.4. The van der Waals surface area contributed by atoms with Crippen LogP contribution in [0.4, 0.5) is 5.82 Å². The van der Waals surface area contributed by atoms with Crippen molar-refractivity contribution in [2.24, 2.45) is 0 Å². The highest BCUT2D eigenvalue weighted by Crippen LogP contribution is 2.01. The molecule has 1 rings (SSSR count). The zero-order chi connectivity index (χ0) is 13.8. The van der Waals surface area contributed by atoms with Gasteiger partial charge >= 0.3 is 0 Å². The quantitative estimate of drug-likeness (QED) is 0.756. The SMILES string of the molecule is CCN(CC)C(=O)Cn1ncc(NS(C)(=O)=O)n1. The zero-order valence-electron chi connectivity index (χ0n) is 10.6. The van der Waals surface area contributed by atoms with Gasteiger partial charge in [-0.1, -0.05) is 0 Å². The van der Waals surface area contributed by atoms with E-state index in [0.29, 0.717) is 13.1 Å². The van der Waals surface area contributed by atoms with E-state index in [1.165, 1.54) is 6.20 Å². The van der Waals surface area contributed by atoms with E-state index in [1.807, 2.05) is 13.8 Å². The third kappa shape index (κ3) is 4.32. The highest BCUT2D eigenvalue weighted by molar-refractivity contribution is 7.92. The van der Waals surface area contributed by atoms with Crippen LogP contribution in [0.15, 0.2) is 6.20 Å². The largest absolute Gasteiger partial charge is 0.342 e. The van der Waals surface area contributed by atoms with Gasteiger partial charge in [0.2, 0.25) is 15.9 Å². The van der Waals surface area contributed by atoms with Crippen molar-refractivity contribution < 1.29 is 13.2 Å². The molecule has 8 nitrogen and oxygen atoms in total. The fourth-order valence-corrected chi connectivity index (χ4v) is 1.88. The molecule has 1 amide bonds. The van der Waals surface area contributed by atoms with Crippen molar-refractivity contribution in [2.45, 2.75) is 20.4 Å². The average Bonchev–Trinajstić information content (AvgIpc) is 2.64. The lowest BCUT2D eigenvalue weighted by molar-refractivity contribution is -0.131. The van der Waals surface area contributed by atoms with E-state index in [-0.39, 0.29) is 18.3 Å². The van der Waals surface area contributed by atoms with Crippen LogP contribution >= 0.6 is 0 Å². The highest BCUT2D eigenvalue weighted by atomic mass is 32.2. The van der Waals surface area contributed by atoms with Crippen LogP contribution in [0.1, 0.15) is 13.8 Å². The van der Waals surface area contributed by atoms with Crippen molar-refractivity contribution in [1.82, 2.24) is 19.9 Å². The molecule has 0 spiro atoms. The van der Waals surface area contributed by atoms with Crippen LogP contribution < -0.4 is 4.72 Å². The Kier molecular flexibility index (Phi) is 4.65. The van der Waals surface area contributed by atoms with E-state index >= 15 is 0 Å². The minimum absolute atomic E-state index is 0.00682. The first-order chi connectivity index (χ1) is 8.35. The topological polar surface area (TPSA) is 97.2 Å². The minimum Gasteiger partial charge on any atom is -0.342 e. The van der Waals surface area contributed by atoms with Crippen molar-refractivity contribution in [3.8, 4) is 0 Å². The normalized spacial score (nSPS) is 11.3. The Balaban J connectivity index is 2.67. The number of nitrogens with zero attached hydrogens (tertiary/aromatic N) is 4. The molecule has 0 atom stereocenters. The Morgan fingerprint density at radius 1 is 1.44 bits per heavy atom. The fraction of sp³-hybridized carbons (Fsp3) is 0.667. The summed E-state index contributed by atoms with van der Waals surface area (Å²) >= 11 is 0. The number of anilines is 1. The minimum atomic E-state index is -3.38. The smallest absolute Gasteiger partial charge is 0.246 e. The maximum Gasteiger partial charge on any atom is 0.246 e. The molecule has 1 aromatic heterocycles. The lowest BCUT2D eigenvalue weighted by atomic mass is 10.4. The lowest BCUT2D eigenvalue weighted by Gasteiger charge is -2.17. The molecule has 0 aliphatic heterocycles. The summed E-state index contributed by atoms with van der Waals surface area (Å²) in [5.41, 5.74) is 0. The second-order valence-corrected chi connectivity index (χ2v) is 5.45. The number of carbonyl (C=O) groups is 1. The Labute approximate surface area is 106 Å². The molecule has 18 heavy (non-hydrogen) atoms. The number of hydrogen-bond donors (Lipinski definition) is 1. The molecular formula is C9H17N5O3S. The summed E-state index contributed by atoms with van der Waals surface area (Å²) in [6, 6.07) is 0. The van der Waals surface area contributed by atoms with Crippen molar-refractivity contribution in [3.63, 3.8) is 0 Å². The summed E-state index contributed by atoms with van der Waals surface area (Å²) in [6.45, 7) is 4.99. The summed E-state index contributed by atoms with van der Waals surface area (Å²) in [7, 11) is -3.38. The standard InChI is InChI=1S/C9H17N5O3S/c1-4-13(5-2)9(15)7-14-10-6-8(11-14)12-18(3,16)17/h6H,4-5,7H2,1-3H3,(H,11,12). The third-order valence-electron chi connectivity index (χ3n) is 2.22. The summed E-state index contributed by atoms with van der Waals surface area (Å²) in [5.74, 6) is -0.00801. The molecule has 0 aliphatic carbocycles. The number of aromatic nitrogens is 3. The van der Waals surface area contributed by atoms with Crippen LogP contribution in [-0.2, 0) is 21.4 Å². The van der Waals surface area contributed by atoms with Gasteiger partial charge in [-0.15, -0.1) is 5.10 Å². The lowest BCUT2D eigenvalue weighted by Crippen LogP contribution is -2.34. The first-order valence-corrected chi connectivity index (χ1v) is 7.40. The third-order valence-corrected chi connectivity index (χ3v) is 2.80. The molecule has 0 radical (unpaired) electrons. The monoisotopic (exact) mass is 275 g/mol. The van der Waals surface area contributed by atoms with Crippen LogP contribution in [0.3, 0.4) is 0 Å². The van der Waals surface area contributed by atoms with E-state index < -0.39 is 10.0 Å². The van der Waals surface area contributed by atoms with Gasteiger partial charge in [0, 0.05) is 13.1 Å². The number of likely N-dealkylation sites (N-methyl/N-ethyl adjacent to an activating group) is 1. The summed E-state index contributed by atoms with van der Waals surface area (Å²) in [4.78, 5) is 14.6. The molecule has 1 aromatic rings. The number of amides is 1. The van der Waals surface area contributed by atoms with Gasteiger partial charge in [-0.05, 0) is 13.8 Å². The van der Waals surface area contributed by atoms with Crippen LogP contribution in [0.5, 0.6) is 0 Å². The molecule has 0 saturated carbocycles. The highest BCUT2D eigenvalue weighted by Gasteiger charge is 2.12. The zero-order valence-corrected chi connectivity index (χ0v) is 11.4. The van der Waals surface area contributed by atoms with Crippen molar-refractivity contribution in [1.29, 1.82) is 0 Å². The van der Waals surface area contributed by atoms with Gasteiger partial charge in [-0.2, -0.15) is 9.90 Å². The maximum absolute atomic E-state index is 11.8. The Hall–Kier alpha value is -1.64. The van der Waals surface area contributed by atoms with Gasteiger partial charge in [-0.3, -0.25) is 9.52 Å². The number of sulfonamides is 1. The molecular weight excluding hydrogens is 258 g/mol. The van der Waals surface area contributed by atoms with Crippen molar-refractivity contribution in [2.75, 3.05) is 24.1 Å². The Bertz CT molecular complexity index is 506. The van der Waals surface area contributed by atoms with E-state index in [4.69, 9.17) is 0 Å². The van der Waals surface area contributed by atoms with Crippen molar-refractivity contribution in [3.05, 3.63) is 6.20 Å². The number of carbonyl (C=O) groups excluding carboxylic acids is 1. The predicted octanol–water partition coefficient (Wildman–Crippen LogP) is -0.482. The second kappa shape index (κ2) is 5.80. The Morgan fingerprint density at radius 3 is 2.56 bits per heavy atom. The van der Waals surface area contributed by atoms with Crippen LogP contribution in [0.25, 0.3) is 0 Å². The molecule has 1 N–H and O–H groups in total. The molecule has 9 heteroatoms. The molecule has 0 fully saturated rings. The molecule has 0 saturated heterocycles. The van der Waals surface area contributed by atoms with Gasteiger partial charge in [0.1, 0.15) is 6.54 Å². The van der Waals surface area contributed by atoms with Gasteiger partial charge in [-0.25, -0.2) is 8.42 Å². The van der Waals surface area contributed by atoms with Gasteiger partial charge in [0.05, 0.1) is 12.5 Å². The fourth-order valence-electron chi connectivity index (χ4n) is 1.41. The number of rotatable bonds is 6. The van der Waals surface area contributed by atoms with Crippen LogP contribution in [0, 0.1) is 0 Å². The van der Waals surface area contributed by atoms with E-state index in [0.717, 1.165) is 11.1 Å². The van der Waals surface area contributed by atoms with Crippen LogP contribution in [0.2, 0.25) is 0 Å². The molecule has 1 heterocycles. The summed E-state index contributed by atoms with van der Waals surface area (Å²) < 4.78 is 24.1. The molecule has 0 bridgehead atoms. The molecule has 0 aromatic carbocycles. The molecule has 102 valence electrons. The van der Waals surface area contributed by atoms with E-state index in [2.05, 4.69) is 14.9 Å². The summed E-state index contributed by atoms with van der Waals surface area (Å²) in [6.07, 6.45) is 2.28. The van der Waals surface area contributed by atoms with Gasteiger partial charge in [0.25, 0.3) is 0 Å². The Morgan fingerprint density at radius 2 is 2.06 bits per heavy atom. The maximum atomic E-state index is 11.8. The molecule has 0 unspecified atom stereocenters. The van der Waals surface area contributed by atoms with E-state index in [1.54, 1.807) is 4.90 Å². The average molecular weight is 275 g/mol. The van der Waals surface area contributed by atoms with Crippen molar-refractivity contribution >= 4 is 21.7 Å². The second-order valence-electron chi connectivity index (χ2n) is 3.70. The van der Waals surface area contributed by atoms with Gasteiger partial charge in [0.15, 0.2) is 5.82 Å². The molecule has 0 aliphatic rings. The number of hydrogen-bond acceptors (Lipinski definition) is 5. The summed E-state index contributed by atoms with van der Waals surface area (Å²) in [5, 5.41) is 7.68. The first-order valence-electron chi connectivity index (χ1n) is 5.51. The van der Waals surface area contributed by atoms with Crippen LogP contribution in [-0.4, -0.2) is 53.6 Å². The predicted molar refractivity (Wildman–Crippen MR) is 66.4 cm³/mol. The van der Waals surface area contributed by atoms with Gasteiger partial charge < -0.3 is 4.90 Å².